The van der Waals surface area contributed by atoms with Gasteiger partial charge in [-0.15, -0.1) is 0 Å². The number of imidazole rings is 1. The van der Waals surface area contributed by atoms with Crippen molar-refractivity contribution in [3.63, 3.8) is 0 Å². The number of nitrogens with one attached hydrogen (secondary N) is 1. The Morgan fingerprint density at radius 1 is 1.10 bits per heavy atom. The molecule has 0 aliphatic carbocycles. The Hall–Kier alpha value is -3.52. The molecule has 1 unspecified atom stereocenters. The van der Waals surface area contributed by atoms with Crippen molar-refractivity contribution in [1.82, 2.24) is 9.97 Å². The number of nitrogens with two attached hydrogens (primary N) is 1. The van der Waals surface area contributed by atoms with Gasteiger partial charge >= 0.3 is 0 Å². The molecule has 0 spiro atoms. The maximum absolute atomic E-state index is 13.6. The maximum Gasteiger partial charge on any atom is 0.198 e. The number of hydrogen-bond acceptors (Lipinski definition) is 7. The van der Waals surface area contributed by atoms with Gasteiger partial charge in [0, 0.05) is 25.3 Å². The third-order valence-electron chi connectivity index (χ3n) is 5.35. The van der Waals surface area contributed by atoms with Gasteiger partial charge in [-0.25, -0.2) is 4.98 Å². The Balaban J connectivity index is 1.92. The molecule has 156 valence electrons. The summed E-state index contributed by atoms with van der Waals surface area (Å²) < 4.78 is 16.2. The van der Waals surface area contributed by atoms with Gasteiger partial charge < -0.3 is 29.8 Å². The smallest absolute Gasteiger partial charge is 0.198 e. The zero-order valence-electron chi connectivity index (χ0n) is 17.4. The van der Waals surface area contributed by atoms with Gasteiger partial charge in [-0.3, -0.25) is 4.79 Å². The molecule has 8 nitrogen and oxygen atoms in total. The zero-order chi connectivity index (χ0) is 21.5. The van der Waals surface area contributed by atoms with E-state index in [1.807, 2.05) is 24.3 Å². The van der Waals surface area contributed by atoms with Gasteiger partial charge in [0.1, 0.15) is 34.3 Å². The van der Waals surface area contributed by atoms with Gasteiger partial charge in [-0.2, -0.15) is 0 Å². The second kappa shape index (κ2) is 7.38. The standard InChI is InChI=1S/C22H24N4O4/c1-22(12-28-2)19(27)18(21-24-16-7-5-6-8-17(16)25-21)20(23)26(22)13-9-14(29-3)11-15(10-13)30-4/h5-11H,12,23H2,1-4H3,(H,24,25). The molecule has 2 aromatic carbocycles. The first-order valence-electron chi connectivity index (χ1n) is 9.45. The molecule has 0 bridgehead atoms. The number of fused-ring (bicyclic) bond motifs is 1. The van der Waals surface area contributed by atoms with Crippen LogP contribution in [0.1, 0.15) is 12.7 Å². The first kappa shape index (κ1) is 19.8. The SMILES string of the molecule is COCC1(C)C(=O)C(c2nc3ccccc3[nH]2)=C(N)N1c1cc(OC)cc(OC)c1. The Morgan fingerprint density at radius 2 is 1.77 bits per heavy atom. The molecule has 0 amide bonds. The van der Waals surface area contributed by atoms with Crippen LogP contribution < -0.4 is 20.1 Å². The van der Waals surface area contributed by atoms with Gasteiger partial charge in [-0.1, -0.05) is 12.1 Å². The first-order valence-corrected chi connectivity index (χ1v) is 9.45. The molecule has 2 heterocycles. The van der Waals surface area contributed by atoms with Crippen LogP contribution in [-0.4, -0.2) is 49.2 Å². The molecule has 1 aromatic heterocycles. The Bertz CT molecular complexity index is 1100. The number of aromatic nitrogens is 2. The maximum atomic E-state index is 13.6. The molecule has 0 radical (unpaired) electrons. The molecule has 8 heteroatoms. The van der Waals surface area contributed by atoms with Crippen LogP contribution in [0.3, 0.4) is 0 Å². The number of anilines is 1. The van der Waals surface area contributed by atoms with E-state index in [0.29, 0.717) is 28.6 Å². The molecule has 3 N–H and O–H groups in total. The van der Waals surface area contributed by atoms with Crippen LogP contribution in [0.25, 0.3) is 16.6 Å². The highest BCUT2D eigenvalue weighted by Gasteiger charge is 2.51. The summed E-state index contributed by atoms with van der Waals surface area (Å²) in [6, 6.07) is 12.9. The monoisotopic (exact) mass is 408 g/mol. The van der Waals surface area contributed by atoms with E-state index in [0.717, 1.165) is 11.0 Å². The average molecular weight is 408 g/mol. The lowest BCUT2D eigenvalue weighted by Gasteiger charge is -2.36. The van der Waals surface area contributed by atoms with Crippen LogP contribution in [0.5, 0.6) is 11.5 Å². The van der Waals surface area contributed by atoms with E-state index < -0.39 is 5.54 Å². The third kappa shape index (κ3) is 2.96. The number of hydrogen-bond donors (Lipinski definition) is 2. The van der Waals surface area contributed by atoms with Crippen LogP contribution in [0.15, 0.2) is 48.3 Å². The summed E-state index contributed by atoms with van der Waals surface area (Å²) >= 11 is 0. The number of nitrogens with zero attached hydrogens (tertiary/aromatic N) is 2. The van der Waals surface area contributed by atoms with Crippen LogP contribution in [0.4, 0.5) is 5.69 Å². The summed E-state index contributed by atoms with van der Waals surface area (Å²) in [7, 11) is 4.69. The summed E-state index contributed by atoms with van der Waals surface area (Å²) in [5, 5.41) is 0. The number of carbonyl (C=O) groups is 1. The lowest BCUT2D eigenvalue weighted by molar-refractivity contribution is -0.118. The number of aromatic amines is 1. The highest BCUT2D eigenvalue weighted by molar-refractivity contribution is 6.30. The second-order valence-electron chi connectivity index (χ2n) is 7.31. The van der Waals surface area contributed by atoms with Crippen molar-refractivity contribution in [3.8, 4) is 11.5 Å². The van der Waals surface area contributed by atoms with Gasteiger partial charge in [0.15, 0.2) is 5.78 Å². The first-order chi connectivity index (χ1) is 14.4. The van der Waals surface area contributed by atoms with E-state index in [-0.39, 0.29) is 18.2 Å². The molecule has 0 saturated heterocycles. The minimum absolute atomic E-state index is 0.135. The van der Waals surface area contributed by atoms with Crippen molar-refractivity contribution < 1.29 is 19.0 Å². The van der Waals surface area contributed by atoms with Gasteiger partial charge in [0.25, 0.3) is 0 Å². The number of rotatable bonds is 6. The minimum atomic E-state index is -1.06. The number of para-hydroxylation sites is 2. The van der Waals surface area contributed by atoms with Gasteiger partial charge in [0.2, 0.25) is 0 Å². The van der Waals surface area contributed by atoms with Crippen molar-refractivity contribution in [2.24, 2.45) is 5.73 Å². The van der Waals surface area contributed by atoms with Crippen molar-refractivity contribution in [2.45, 2.75) is 12.5 Å². The van der Waals surface area contributed by atoms with Crippen LogP contribution in [-0.2, 0) is 9.53 Å². The van der Waals surface area contributed by atoms with Crippen LogP contribution in [0.2, 0.25) is 0 Å². The molecule has 30 heavy (non-hydrogen) atoms. The molecule has 3 aromatic rings. The predicted molar refractivity (Wildman–Crippen MR) is 115 cm³/mol. The van der Waals surface area contributed by atoms with Crippen LogP contribution in [0, 0.1) is 0 Å². The highest BCUT2D eigenvalue weighted by Crippen LogP contribution is 2.42. The second-order valence-corrected chi connectivity index (χ2v) is 7.31. The number of H-pyrrole nitrogens is 1. The fourth-order valence-corrected chi connectivity index (χ4v) is 3.92. The van der Waals surface area contributed by atoms with Crippen molar-refractivity contribution >= 4 is 28.1 Å². The van der Waals surface area contributed by atoms with E-state index >= 15 is 0 Å². The van der Waals surface area contributed by atoms with E-state index in [2.05, 4.69) is 9.97 Å². The number of carbonyl (C=O) groups excluding carboxylic acids is 1. The molecule has 1 aliphatic heterocycles. The quantitative estimate of drug-likeness (QED) is 0.646. The number of Topliss-reactive ketones (excluding diaryl/α,β-unsaturated/α-hetero) is 1. The number of methoxy groups -OCH3 is 3. The summed E-state index contributed by atoms with van der Waals surface area (Å²) in [5.41, 5.74) is 8.08. The molecule has 0 fully saturated rings. The topological polar surface area (TPSA) is 103 Å². The summed E-state index contributed by atoms with van der Waals surface area (Å²) in [6.45, 7) is 1.93. The zero-order valence-corrected chi connectivity index (χ0v) is 17.4. The van der Waals surface area contributed by atoms with Gasteiger partial charge in [-0.05, 0) is 19.1 Å². The Labute approximate surface area is 174 Å². The van der Waals surface area contributed by atoms with Crippen LogP contribution >= 0.6 is 0 Å². The van der Waals surface area contributed by atoms with E-state index in [1.54, 1.807) is 51.4 Å². The third-order valence-corrected chi connectivity index (χ3v) is 5.35. The molecule has 1 atom stereocenters. The normalized spacial score (nSPS) is 19.1. The van der Waals surface area contributed by atoms with E-state index in [9.17, 15) is 4.79 Å². The number of benzene rings is 2. The fourth-order valence-electron chi connectivity index (χ4n) is 3.92. The Kier molecular flexibility index (Phi) is 4.87. The van der Waals surface area contributed by atoms with Crippen molar-refractivity contribution in [1.29, 1.82) is 0 Å². The summed E-state index contributed by atoms with van der Waals surface area (Å²) in [4.78, 5) is 23.2. The molecular weight excluding hydrogens is 384 g/mol. The molecule has 4 rings (SSSR count). The Morgan fingerprint density at radius 3 is 2.37 bits per heavy atom. The fraction of sp³-hybridized carbons (Fsp3) is 0.273. The number of ketones is 1. The predicted octanol–water partition coefficient (Wildman–Crippen LogP) is 2.70. The summed E-state index contributed by atoms with van der Waals surface area (Å²) in [6.07, 6.45) is 0. The average Bonchev–Trinajstić information content (AvgIpc) is 3.24. The largest absolute Gasteiger partial charge is 0.497 e. The molecular formula is C22H24N4O4. The van der Waals surface area contributed by atoms with Crippen molar-refractivity contribution in [3.05, 3.63) is 54.1 Å². The van der Waals surface area contributed by atoms with E-state index in [1.165, 1.54) is 0 Å². The minimum Gasteiger partial charge on any atom is -0.497 e. The number of ether oxygens (including phenoxy) is 3. The highest BCUT2D eigenvalue weighted by atomic mass is 16.5. The van der Waals surface area contributed by atoms with E-state index in [4.69, 9.17) is 19.9 Å². The summed E-state index contributed by atoms with van der Waals surface area (Å²) in [5.74, 6) is 1.71. The van der Waals surface area contributed by atoms with Gasteiger partial charge in [0.05, 0.1) is 37.5 Å². The lowest BCUT2D eigenvalue weighted by Crippen LogP contribution is -2.51. The van der Waals surface area contributed by atoms with Crippen molar-refractivity contribution in [2.75, 3.05) is 32.8 Å². The molecule has 1 aliphatic rings. The lowest BCUT2D eigenvalue weighted by atomic mass is 9.94. The molecule has 0 saturated carbocycles.